The molecule has 0 unspecified atom stereocenters. The van der Waals surface area contributed by atoms with Crippen LogP contribution < -0.4 is 10.6 Å². The average molecular weight is 555 g/mol. The summed E-state index contributed by atoms with van der Waals surface area (Å²) in [5.41, 5.74) is 1.83. The number of phenolic OH excluding ortho intramolecular Hbond substituents is 1. The van der Waals surface area contributed by atoms with Gasteiger partial charge in [0.15, 0.2) is 5.75 Å². The van der Waals surface area contributed by atoms with Gasteiger partial charge in [0.1, 0.15) is 11.4 Å². The van der Waals surface area contributed by atoms with Crippen molar-refractivity contribution in [3.8, 4) is 5.75 Å². The molecule has 0 aromatic heterocycles. The molecule has 192 valence electrons. The summed E-state index contributed by atoms with van der Waals surface area (Å²) < 4.78 is 0. The molecule has 0 aliphatic carbocycles. The van der Waals surface area contributed by atoms with Crippen molar-refractivity contribution in [1.82, 2.24) is 0 Å². The van der Waals surface area contributed by atoms with Crippen LogP contribution in [0.1, 0.15) is 20.7 Å². The number of phenols is 1. The van der Waals surface area contributed by atoms with E-state index in [1.807, 2.05) is 24.3 Å². The van der Waals surface area contributed by atoms with Gasteiger partial charge in [-0.3, -0.25) is 9.59 Å². The van der Waals surface area contributed by atoms with E-state index in [1.54, 1.807) is 66.7 Å². The van der Waals surface area contributed by atoms with Crippen LogP contribution in [-0.4, -0.2) is 16.9 Å². The highest BCUT2D eigenvalue weighted by Crippen LogP contribution is 2.41. The molecule has 0 fully saturated rings. The fourth-order valence-electron chi connectivity index (χ4n) is 3.90. The zero-order valence-electron chi connectivity index (χ0n) is 20.2. The molecule has 0 saturated carbocycles. The van der Waals surface area contributed by atoms with Crippen molar-refractivity contribution in [3.05, 3.63) is 124 Å². The summed E-state index contributed by atoms with van der Waals surface area (Å²) in [6.07, 6.45) is 0. The van der Waals surface area contributed by atoms with E-state index in [9.17, 15) is 14.7 Å². The Morgan fingerprint density at radius 3 is 2.00 bits per heavy atom. The van der Waals surface area contributed by atoms with E-state index >= 15 is 0 Å². The Hall–Kier alpha value is -4.72. The molecule has 0 bridgehead atoms. The minimum atomic E-state index is -0.558. The number of rotatable bonds is 6. The largest absolute Gasteiger partial charge is 0.505 e. The van der Waals surface area contributed by atoms with Crippen LogP contribution in [0.3, 0.4) is 0 Å². The smallest absolute Gasteiger partial charge is 0.259 e. The first-order chi connectivity index (χ1) is 18.9. The van der Waals surface area contributed by atoms with Crippen LogP contribution in [0.5, 0.6) is 5.75 Å². The van der Waals surface area contributed by atoms with Crippen molar-refractivity contribution in [3.63, 3.8) is 0 Å². The number of fused-ring (bicyclic) bond motifs is 1. The number of carbonyl (C=O) groups excluding carboxylic acids is 2. The zero-order chi connectivity index (χ0) is 27.4. The third-order valence-electron chi connectivity index (χ3n) is 5.82. The number of aromatic hydroxyl groups is 1. The van der Waals surface area contributed by atoms with Gasteiger partial charge >= 0.3 is 0 Å². The van der Waals surface area contributed by atoms with Crippen LogP contribution >= 0.6 is 23.2 Å². The van der Waals surface area contributed by atoms with Gasteiger partial charge in [0.2, 0.25) is 0 Å². The van der Waals surface area contributed by atoms with Crippen molar-refractivity contribution in [2.75, 3.05) is 10.6 Å². The average Bonchev–Trinajstić information content (AvgIpc) is 2.94. The molecule has 0 saturated heterocycles. The first-order valence-corrected chi connectivity index (χ1v) is 12.5. The molecule has 0 spiro atoms. The first kappa shape index (κ1) is 25.9. The number of nitrogens with zero attached hydrogens (tertiary/aromatic N) is 2. The Labute approximate surface area is 233 Å². The molecule has 3 N–H and O–H groups in total. The molecule has 5 rings (SSSR count). The third kappa shape index (κ3) is 5.90. The highest BCUT2D eigenvalue weighted by atomic mass is 35.5. The summed E-state index contributed by atoms with van der Waals surface area (Å²) in [4.78, 5) is 26.1. The van der Waals surface area contributed by atoms with E-state index in [-0.39, 0.29) is 28.6 Å². The van der Waals surface area contributed by atoms with Crippen molar-refractivity contribution in [1.29, 1.82) is 0 Å². The number of benzene rings is 5. The number of para-hydroxylation sites is 2. The molecule has 9 heteroatoms. The van der Waals surface area contributed by atoms with Crippen molar-refractivity contribution in [2.24, 2.45) is 10.2 Å². The first-order valence-electron chi connectivity index (χ1n) is 11.8. The van der Waals surface area contributed by atoms with E-state index in [0.717, 1.165) is 0 Å². The number of nitrogens with one attached hydrogen (secondary N) is 2. The highest BCUT2D eigenvalue weighted by Gasteiger charge is 2.20. The molecule has 0 heterocycles. The number of hydrogen-bond acceptors (Lipinski definition) is 5. The molecule has 39 heavy (non-hydrogen) atoms. The van der Waals surface area contributed by atoms with Crippen LogP contribution in [0.15, 0.2) is 113 Å². The minimum absolute atomic E-state index is 0.0387. The number of hydrogen-bond donors (Lipinski definition) is 3. The number of azo groups is 1. The van der Waals surface area contributed by atoms with E-state index in [2.05, 4.69) is 20.9 Å². The van der Waals surface area contributed by atoms with Crippen LogP contribution in [-0.2, 0) is 0 Å². The second-order valence-electron chi connectivity index (χ2n) is 8.49. The van der Waals surface area contributed by atoms with Gasteiger partial charge in [-0.2, -0.15) is 0 Å². The van der Waals surface area contributed by atoms with Gasteiger partial charge in [0.05, 0.1) is 10.6 Å². The summed E-state index contributed by atoms with van der Waals surface area (Å²) in [7, 11) is 0. The Balaban J connectivity index is 1.60. The number of carbonyl (C=O) groups is 2. The lowest BCUT2D eigenvalue weighted by molar-refractivity contribution is 0.101. The topological polar surface area (TPSA) is 103 Å². The number of halogens is 2. The summed E-state index contributed by atoms with van der Waals surface area (Å²) >= 11 is 12.3. The van der Waals surface area contributed by atoms with Gasteiger partial charge in [-0.05, 0) is 66.0 Å². The summed E-state index contributed by atoms with van der Waals surface area (Å²) in [5.74, 6) is -1.27. The van der Waals surface area contributed by atoms with Gasteiger partial charge in [-0.25, -0.2) is 0 Å². The third-order valence-corrected chi connectivity index (χ3v) is 6.38. The summed E-state index contributed by atoms with van der Waals surface area (Å²) in [6, 6.07) is 29.0. The minimum Gasteiger partial charge on any atom is -0.505 e. The molecule has 0 radical (unpaired) electrons. The Kier molecular flexibility index (Phi) is 7.54. The number of amides is 2. The molecular formula is C30H20Cl2N4O3. The molecule has 0 aliphatic heterocycles. The molecule has 0 aliphatic rings. The lowest BCUT2D eigenvalue weighted by Gasteiger charge is -2.12. The van der Waals surface area contributed by atoms with E-state index in [4.69, 9.17) is 23.2 Å². The van der Waals surface area contributed by atoms with Gasteiger partial charge < -0.3 is 15.7 Å². The maximum Gasteiger partial charge on any atom is 0.259 e. The fourth-order valence-corrected chi connectivity index (χ4v) is 4.23. The van der Waals surface area contributed by atoms with Gasteiger partial charge in [0.25, 0.3) is 11.8 Å². The van der Waals surface area contributed by atoms with E-state index in [0.29, 0.717) is 37.8 Å². The quantitative estimate of drug-likeness (QED) is 0.183. The SMILES string of the molecule is O=C(Nc1ccccc1)c1ccc2c(/N=N/c3cc(Cl)ccc3Cl)c(O)c(C(=O)Nc3ccccc3)cc2c1. The molecule has 5 aromatic carbocycles. The Morgan fingerprint density at radius 2 is 1.33 bits per heavy atom. The summed E-state index contributed by atoms with van der Waals surface area (Å²) in [5, 5.41) is 26.9. The lowest BCUT2D eigenvalue weighted by Crippen LogP contribution is -2.13. The second kappa shape index (κ2) is 11.3. The van der Waals surface area contributed by atoms with Crippen LogP contribution in [0.2, 0.25) is 10.0 Å². The van der Waals surface area contributed by atoms with Gasteiger partial charge in [-0.1, -0.05) is 65.7 Å². The number of anilines is 2. The fraction of sp³-hybridized carbons (Fsp3) is 0. The predicted octanol–water partition coefficient (Wildman–Crippen LogP) is 8.77. The monoisotopic (exact) mass is 554 g/mol. The zero-order valence-corrected chi connectivity index (χ0v) is 21.7. The Morgan fingerprint density at radius 1 is 0.692 bits per heavy atom. The molecule has 7 nitrogen and oxygen atoms in total. The summed E-state index contributed by atoms with van der Waals surface area (Å²) in [6.45, 7) is 0. The van der Waals surface area contributed by atoms with E-state index in [1.165, 1.54) is 12.1 Å². The van der Waals surface area contributed by atoms with E-state index < -0.39 is 5.91 Å². The van der Waals surface area contributed by atoms with Gasteiger partial charge in [0, 0.05) is 27.3 Å². The van der Waals surface area contributed by atoms with Crippen molar-refractivity contribution < 1.29 is 14.7 Å². The lowest BCUT2D eigenvalue weighted by atomic mass is 10.0. The van der Waals surface area contributed by atoms with Crippen molar-refractivity contribution in [2.45, 2.75) is 0 Å². The normalized spacial score (nSPS) is 11.0. The predicted molar refractivity (Wildman–Crippen MR) is 155 cm³/mol. The van der Waals surface area contributed by atoms with Gasteiger partial charge in [-0.15, -0.1) is 10.2 Å². The molecule has 2 amide bonds. The maximum atomic E-state index is 13.2. The van der Waals surface area contributed by atoms with Crippen molar-refractivity contribution >= 4 is 68.5 Å². The molecule has 0 atom stereocenters. The van der Waals surface area contributed by atoms with Crippen LogP contribution in [0.4, 0.5) is 22.7 Å². The standard InChI is InChI=1S/C30H20Cl2N4O3/c31-20-12-14-25(32)26(17-20)35-36-27-23-13-11-18(29(38)33-21-7-3-1-4-8-21)15-19(23)16-24(28(27)37)30(39)34-22-9-5-2-6-10-22/h1-17,37H,(H,33,38)(H,34,39)/b36-35+. The molecule has 5 aromatic rings. The van der Waals surface area contributed by atoms with Crippen LogP contribution in [0, 0.1) is 0 Å². The Bertz CT molecular complexity index is 1730. The highest BCUT2D eigenvalue weighted by molar-refractivity contribution is 6.35. The van der Waals surface area contributed by atoms with Crippen LogP contribution in [0.25, 0.3) is 10.8 Å². The second-order valence-corrected chi connectivity index (χ2v) is 9.34. The maximum absolute atomic E-state index is 13.2. The molecular weight excluding hydrogens is 535 g/mol.